The molecule has 5 aliphatic rings. The molecular weight excluding hydrogens is 356 g/mol. The maximum absolute atomic E-state index is 12.1. The first-order valence-corrected chi connectivity index (χ1v) is 12.1. The highest BCUT2D eigenvalue weighted by atomic mass is 32.2. The molecule has 3 saturated carbocycles. The number of thioether (sulfide) groups is 1. The molecule has 4 fully saturated rings. The van der Waals surface area contributed by atoms with E-state index in [-0.39, 0.29) is 22.4 Å². The van der Waals surface area contributed by atoms with Crippen molar-refractivity contribution in [2.24, 2.45) is 28.6 Å². The second kappa shape index (κ2) is 5.87. The Hall–Kier alpha value is -0.770. The van der Waals surface area contributed by atoms with Gasteiger partial charge in [0.2, 0.25) is 0 Å². The highest BCUT2D eigenvalue weighted by molar-refractivity contribution is 7.99. The van der Waals surface area contributed by atoms with E-state index in [2.05, 4.69) is 20.1 Å². The third-order valence-corrected chi connectivity index (χ3v) is 10.7. The summed E-state index contributed by atoms with van der Waals surface area (Å²) in [6.07, 6.45) is 13.3. The first-order chi connectivity index (χ1) is 12.8. The fourth-order valence-corrected chi connectivity index (χ4v) is 9.08. The minimum absolute atomic E-state index is 0.0204. The van der Waals surface area contributed by atoms with Gasteiger partial charge in [-0.1, -0.05) is 19.4 Å². The van der Waals surface area contributed by atoms with Crippen molar-refractivity contribution in [3.63, 3.8) is 0 Å². The van der Waals surface area contributed by atoms with E-state index in [0.717, 1.165) is 32.1 Å². The Balaban J connectivity index is 1.54. The molecule has 4 unspecified atom stereocenters. The molecule has 1 heterocycles. The Labute approximate surface area is 167 Å². The SMILES string of the molecule is CSC1CC2=CC(=O)CC[C@]2(C)C2CC[C@@]3(C)C(CC[C@@]34CCC(=O)O4)C12. The van der Waals surface area contributed by atoms with Gasteiger partial charge in [-0.15, -0.1) is 0 Å². The van der Waals surface area contributed by atoms with Gasteiger partial charge in [0.25, 0.3) is 0 Å². The largest absolute Gasteiger partial charge is 0.458 e. The van der Waals surface area contributed by atoms with Crippen LogP contribution in [0.4, 0.5) is 0 Å². The van der Waals surface area contributed by atoms with Gasteiger partial charge in [-0.25, -0.2) is 0 Å². The zero-order valence-electron chi connectivity index (χ0n) is 16.9. The summed E-state index contributed by atoms with van der Waals surface area (Å²) < 4.78 is 6.07. The highest BCUT2D eigenvalue weighted by Gasteiger charge is 2.68. The smallest absolute Gasteiger partial charge is 0.306 e. The van der Waals surface area contributed by atoms with Gasteiger partial charge in [0.05, 0.1) is 0 Å². The van der Waals surface area contributed by atoms with E-state index >= 15 is 0 Å². The third kappa shape index (κ3) is 2.28. The van der Waals surface area contributed by atoms with Crippen molar-refractivity contribution in [1.82, 2.24) is 0 Å². The van der Waals surface area contributed by atoms with Gasteiger partial charge in [-0.3, -0.25) is 9.59 Å². The molecule has 1 aliphatic heterocycles. The normalized spacial score (nSPS) is 51.4. The molecule has 5 rings (SSSR count). The van der Waals surface area contributed by atoms with E-state index in [1.54, 1.807) is 0 Å². The molecular formula is C23H32O3S. The van der Waals surface area contributed by atoms with Crippen LogP contribution in [-0.2, 0) is 14.3 Å². The quantitative estimate of drug-likeness (QED) is 0.597. The zero-order valence-corrected chi connectivity index (χ0v) is 17.7. The summed E-state index contributed by atoms with van der Waals surface area (Å²) in [5.41, 5.74) is 1.58. The van der Waals surface area contributed by atoms with Gasteiger partial charge in [-0.2, -0.15) is 11.8 Å². The van der Waals surface area contributed by atoms with Crippen LogP contribution in [0.25, 0.3) is 0 Å². The molecule has 1 saturated heterocycles. The second-order valence-electron chi connectivity index (χ2n) is 10.3. The first-order valence-electron chi connectivity index (χ1n) is 10.8. The molecule has 4 heteroatoms. The topological polar surface area (TPSA) is 43.4 Å². The van der Waals surface area contributed by atoms with Crippen molar-refractivity contribution in [1.29, 1.82) is 0 Å². The molecule has 0 N–H and O–H groups in total. The summed E-state index contributed by atoms with van der Waals surface area (Å²) in [5, 5.41) is 0.595. The minimum atomic E-state index is -0.192. The van der Waals surface area contributed by atoms with Gasteiger partial charge in [-0.05, 0) is 80.4 Å². The van der Waals surface area contributed by atoms with Gasteiger partial charge >= 0.3 is 5.97 Å². The lowest BCUT2D eigenvalue weighted by Crippen LogP contribution is -2.57. The van der Waals surface area contributed by atoms with Crippen LogP contribution >= 0.6 is 11.8 Å². The average molecular weight is 389 g/mol. The van der Waals surface area contributed by atoms with Gasteiger partial charge in [0, 0.05) is 23.5 Å². The van der Waals surface area contributed by atoms with Crippen LogP contribution in [0.5, 0.6) is 0 Å². The summed E-state index contributed by atoms with van der Waals surface area (Å²) in [6.45, 7) is 4.89. The van der Waals surface area contributed by atoms with Crippen molar-refractivity contribution in [2.45, 2.75) is 82.5 Å². The summed E-state index contributed by atoms with van der Waals surface area (Å²) in [5.74, 6) is 2.36. The average Bonchev–Trinajstić information content (AvgIpc) is 3.16. The Kier molecular flexibility index (Phi) is 3.97. The molecule has 7 atom stereocenters. The van der Waals surface area contributed by atoms with Crippen LogP contribution in [0.15, 0.2) is 11.6 Å². The van der Waals surface area contributed by atoms with Crippen LogP contribution in [0.2, 0.25) is 0 Å². The van der Waals surface area contributed by atoms with E-state index < -0.39 is 0 Å². The van der Waals surface area contributed by atoms with Crippen molar-refractivity contribution < 1.29 is 14.3 Å². The number of fused-ring (bicyclic) bond motifs is 6. The van der Waals surface area contributed by atoms with Crippen LogP contribution in [-0.4, -0.2) is 28.9 Å². The van der Waals surface area contributed by atoms with Gasteiger partial charge in [0.15, 0.2) is 5.78 Å². The van der Waals surface area contributed by atoms with Crippen LogP contribution in [0.1, 0.15) is 71.6 Å². The Morgan fingerprint density at radius 3 is 2.52 bits per heavy atom. The number of allylic oxidation sites excluding steroid dienone is 1. The van der Waals surface area contributed by atoms with Gasteiger partial charge in [0.1, 0.15) is 5.60 Å². The zero-order chi connectivity index (χ0) is 19.0. The predicted octanol–water partition coefficient (Wildman–Crippen LogP) is 4.94. The van der Waals surface area contributed by atoms with E-state index in [4.69, 9.17) is 4.74 Å². The number of carbonyl (C=O) groups is 2. The fraction of sp³-hybridized carbons (Fsp3) is 0.826. The molecule has 1 spiro atoms. The number of carbonyl (C=O) groups excluding carboxylic acids is 2. The lowest BCUT2D eigenvalue weighted by atomic mass is 9.46. The minimum Gasteiger partial charge on any atom is -0.458 e. The Bertz CT molecular complexity index is 729. The molecule has 0 aromatic heterocycles. The number of hydrogen-bond donors (Lipinski definition) is 0. The monoisotopic (exact) mass is 388 g/mol. The standard InChI is InChI=1S/C23H32O3S/c1-21-8-4-15(24)12-14(21)13-18(27-3)20-16(21)5-9-22(2)17(20)6-10-23(22)11-7-19(25)26-23/h12,16-18,20H,4-11,13H2,1-3H3/t16?,17?,18?,20?,21-,22-,23+/m0/s1. The first kappa shape index (κ1) is 18.3. The summed E-state index contributed by atoms with van der Waals surface area (Å²) in [6, 6.07) is 0. The molecule has 0 aromatic carbocycles. The van der Waals surface area contributed by atoms with Crippen LogP contribution in [0.3, 0.4) is 0 Å². The van der Waals surface area contributed by atoms with E-state index in [9.17, 15) is 9.59 Å². The summed E-state index contributed by atoms with van der Waals surface area (Å²) in [4.78, 5) is 24.1. The van der Waals surface area contributed by atoms with Crippen molar-refractivity contribution >= 4 is 23.5 Å². The van der Waals surface area contributed by atoms with E-state index in [0.29, 0.717) is 35.2 Å². The molecule has 148 valence electrons. The lowest BCUT2D eigenvalue weighted by molar-refractivity contribution is -0.167. The van der Waals surface area contributed by atoms with Crippen molar-refractivity contribution in [3.05, 3.63) is 11.6 Å². The molecule has 0 amide bonds. The van der Waals surface area contributed by atoms with Crippen molar-refractivity contribution in [2.75, 3.05) is 6.26 Å². The van der Waals surface area contributed by atoms with Crippen LogP contribution < -0.4 is 0 Å². The fourth-order valence-electron chi connectivity index (χ4n) is 8.04. The molecule has 0 radical (unpaired) electrons. The highest BCUT2D eigenvalue weighted by Crippen LogP contribution is 2.70. The number of ketones is 1. The number of hydrogen-bond acceptors (Lipinski definition) is 4. The molecule has 3 nitrogen and oxygen atoms in total. The summed E-state index contributed by atoms with van der Waals surface area (Å²) in [7, 11) is 0. The predicted molar refractivity (Wildman–Crippen MR) is 107 cm³/mol. The van der Waals surface area contributed by atoms with E-state index in [1.807, 2.05) is 17.8 Å². The second-order valence-corrected chi connectivity index (χ2v) is 11.4. The molecule has 0 bridgehead atoms. The maximum atomic E-state index is 12.1. The Morgan fingerprint density at radius 1 is 1.04 bits per heavy atom. The summed E-state index contributed by atoms with van der Waals surface area (Å²) >= 11 is 2.01. The maximum Gasteiger partial charge on any atom is 0.306 e. The molecule has 27 heavy (non-hydrogen) atoms. The Morgan fingerprint density at radius 2 is 1.81 bits per heavy atom. The lowest BCUT2D eigenvalue weighted by Gasteiger charge is -2.61. The molecule has 0 aromatic rings. The third-order valence-electron chi connectivity index (χ3n) is 9.60. The van der Waals surface area contributed by atoms with Crippen molar-refractivity contribution in [3.8, 4) is 0 Å². The van der Waals surface area contributed by atoms with Crippen LogP contribution in [0, 0.1) is 28.6 Å². The number of esters is 1. The molecule has 4 aliphatic carbocycles. The van der Waals surface area contributed by atoms with E-state index in [1.165, 1.54) is 24.8 Å². The number of rotatable bonds is 1. The number of ether oxygens (including phenoxy) is 1. The van der Waals surface area contributed by atoms with Gasteiger partial charge < -0.3 is 4.74 Å².